The first-order valence-corrected chi connectivity index (χ1v) is 16.1. The maximum Gasteiger partial charge on any atom is 0.265 e. The average Bonchev–Trinajstić information content (AvgIpc) is 3.45. The highest BCUT2D eigenvalue weighted by molar-refractivity contribution is 7.92. The van der Waals surface area contributed by atoms with Gasteiger partial charge in [-0.1, -0.05) is 26.8 Å². The average molecular weight is 646 g/mol. The van der Waals surface area contributed by atoms with Crippen molar-refractivity contribution in [3.8, 4) is 21.8 Å². The lowest BCUT2D eigenvalue weighted by Gasteiger charge is -2.26. The van der Waals surface area contributed by atoms with Gasteiger partial charge in [-0.2, -0.15) is 0 Å². The van der Waals surface area contributed by atoms with E-state index in [4.69, 9.17) is 9.72 Å². The van der Waals surface area contributed by atoms with Gasteiger partial charge in [0.1, 0.15) is 22.4 Å². The van der Waals surface area contributed by atoms with Crippen LogP contribution in [0.2, 0.25) is 0 Å². The second kappa shape index (κ2) is 12.6. The number of carbonyl (C=O) groups is 1. The Morgan fingerprint density at radius 2 is 1.82 bits per heavy atom. The molecule has 0 spiro atoms. The van der Waals surface area contributed by atoms with E-state index in [1.165, 1.54) is 29.5 Å². The summed E-state index contributed by atoms with van der Waals surface area (Å²) in [4.78, 5) is 27.7. The Labute approximate surface area is 257 Å². The number of sulfonamides is 1. The van der Waals surface area contributed by atoms with Crippen molar-refractivity contribution in [3.63, 3.8) is 0 Å². The van der Waals surface area contributed by atoms with E-state index in [9.17, 15) is 22.0 Å². The highest BCUT2D eigenvalue weighted by Crippen LogP contribution is 2.42. The summed E-state index contributed by atoms with van der Waals surface area (Å²) in [6.45, 7) is 7.95. The fourth-order valence-corrected chi connectivity index (χ4v) is 6.77. The molecule has 44 heavy (non-hydrogen) atoms. The Balaban J connectivity index is 1.49. The molecule has 0 radical (unpaired) electrons. The summed E-state index contributed by atoms with van der Waals surface area (Å²) in [5.74, 6) is -2.68. The van der Waals surface area contributed by atoms with Crippen LogP contribution >= 0.6 is 11.3 Å². The minimum absolute atomic E-state index is 0.0183. The Hall–Kier alpha value is -3.88. The molecule has 14 heteroatoms. The molecule has 0 aliphatic carbocycles. The highest BCUT2D eigenvalue weighted by atomic mass is 32.2. The van der Waals surface area contributed by atoms with Crippen molar-refractivity contribution in [1.82, 2.24) is 19.9 Å². The molecule has 0 saturated carbocycles. The third-order valence-electron chi connectivity index (χ3n) is 6.81. The fraction of sp³-hybridized carbons (Fsp3) is 0.333. The summed E-state index contributed by atoms with van der Waals surface area (Å²) in [7, 11) is -4.68. The summed E-state index contributed by atoms with van der Waals surface area (Å²) in [6, 6.07) is 7.71. The fourth-order valence-electron chi connectivity index (χ4n) is 4.51. The van der Waals surface area contributed by atoms with Crippen molar-refractivity contribution < 1.29 is 31.1 Å². The second-order valence-corrected chi connectivity index (χ2v) is 13.8. The van der Waals surface area contributed by atoms with Gasteiger partial charge >= 0.3 is 0 Å². The topological polar surface area (TPSA) is 114 Å². The second-order valence-electron chi connectivity index (χ2n) is 11.1. The zero-order chi connectivity index (χ0) is 31.6. The van der Waals surface area contributed by atoms with Gasteiger partial charge in [0, 0.05) is 43.1 Å². The summed E-state index contributed by atoms with van der Waals surface area (Å²) >= 11 is 1.31. The molecule has 232 valence electrons. The highest BCUT2D eigenvalue weighted by Gasteiger charge is 2.28. The van der Waals surface area contributed by atoms with E-state index in [2.05, 4.69) is 9.97 Å². The normalized spacial score (nSPS) is 14.1. The van der Waals surface area contributed by atoms with Gasteiger partial charge in [-0.05, 0) is 36.4 Å². The standard InChI is InChI=1S/C30H30F3N5O4S2/c1-30(2,3)29-36-27(19-5-4-6-21(26(19)33)37-44(40,41)23-17-18(31)7-8-20(23)32)28(43-29)22-11-12-34-24(35-22)9-10-25(39)38-13-15-42-16-14-38/h4-8,11-12,17,37H,9-10,13-16H2,1-3H3. The minimum atomic E-state index is -4.68. The van der Waals surface area contributed by atoms with Gasteiger partial charge in [0.2, 0.25) is 5.91 Å². The first kappa shape index (κ1) is 31.5. The third-order valence-corrected chi connectivity index (χ3v) is 9.70. The van der Waals surface area contributed by atoms with E-state index >= 15 is 4.39 Å². The van der Waals surface area contributed by atoms with Crippen molar-refractivity contribution in [2.75, 3.05) is 31.0 Å². The molecule has 2 aromatic carbocycles. The number of ether oxygens (including phenoxy) is 1. The number of hydrogen-bond donors (Lipinski definition) is 1. The molecule has 1 saturated heterocycles. The lowest BCUT2D eigenvalue weighted by atomic mass is 9.98. The minimum Gasteiger partial charge on any atom is -0.378 e. The van der Waals surface area contributed by atoms with Crippen molar-refractivity contribution >= 4 is 33.0 Å². The molecule has 1 aliphatic rings. The monoisotopic (exact) mass is 645 g/mol. The Morgan fingerprint density at radius 1 is 1.07 bits per heavy atom. The molecular formula is C30H30F3N5O4S2. The number of carbonyl (C=O) groups excluding carboxylic acids is 1. The molecular weight excluding hydrogens is 615 g/mol. The SMILES string of the molecule is CC(C)(C)c1nc(-c2cccc(NS(=O)(=O)c3cc(F)ccc3F)c2F)c(-c2ccnc(CCC(=O)N3CCOCC3)n2)s1. The number of nitrogens with zero attached hydrogens (tertiary/aromatic N) is 4. The number of halogens is 3. The molecule has 0 unspecified atom stereocenters. The largest absolute Gasteiger partial charge is 0.378 e. The molecule has 1 aliphatic heterocycles. The summed E-state index contributed by atoms with van der Waals surface area (Å²) in [5, 5.41) is 0.678. The van der Waals surface area contributed by atoms with Gasteiger partial charge in [0.15, 0.2) is 5.82 Å². The van der Waals surface area contributed by atoms with E-state index in [0.29, 0.717) is 66.3 Å². The number of hydrogen-bond acceptors (Lipinski definition) is 8. The van der Waals surface area contributed by atoms with Crippen LogP contribution in [0.3, 0.4) is 0 Å². The number of rotatable bonds is 8. The molecule has 5 rings (SSSR count). The molecule has 4 aromatic rings. The Bertz CT molecular complexity index is 1800. The van der Waals surface area contributed by atoms with E-state index in [1.54, 1.807) is 17.2 Å². The van der Waals surface area contributed by atoms with Crippen LogP contribution in [0.4, 0.5) is 18.9 Å². The van der Waals surface area contributed by atoms with Crippen LogP contribution in [0.1, 0.15) is 38.0 Å². The maximum absolute atomic E-state index is 16.0. The van der Waals surface area contributed by atoms with Crippen LogP contribution in [0.25, 0.3) is 21.8 Å². The number of benzene rings is 2. The van der Waals surface area contributed by atoms with Crippen LogP contribution < -0.4 is 4.72 Å². The van der Waals surface area contributed by atoms with Crippen LogP contribution in [0.5, 0.6) is 0 Å². The first-order chi connectivity index (χ1) is 20.8. The van der Waals surface area contributed by atoms with E-state index in [-0.39, 0.29) is 23.6 Å². The molecule has 1 fully saturated rings. The van der Waals surface area contributed by atoms with Gasteiger partial charge in [0.05, 0.1) is 40.2 Å². The number of amides is 1. The van der Waals surface area contributed by atoms with Crippen molar-refractivity contribution in [2.24, 2.45) is 0 Å². The van der Waals surface area contributed by atoms with Crippen LogP contribution in [-0.2, 0) is 31.4 Å². The number of aryl methyl sites for hydroxylation is 1. The van der Waals surface area contributed by atoms with Gasteiger partial charge in [-0.25, -0.2) is 36.5 Å². The predicted molar refractivity (Wildman–Crippen MR) is 160 cm³/mol. The number of nitrogens with one attached hydrogen (secondary N) is 1. The van der Waals surface area contributed by atoms with Crippen LogP contribution in [0, 0.1) is 17.5 Å². The molecule has 3 heterocycles. The summed E-state index contributed by atoms with van der Waals surface area (Å²) < 4.78 is 77.2. The predicted octanol–water partition coefficient (Wildman–Crippen LogP) is 5.57. The van der Waals surface area contributed by atoms with E-state index < -0.39 is 43.5 Å². The number of thiazole rings is 1. The van der Waals surface area contributed by atoms with Crippen LogP contribution in [-0.4, -0.2) is 60.5 Å². The van der Waals surface area contributed by atoms with Gasteiger partial charge < -0.3 is 9.64 Å². The molecule has 1 amide bonds. The third kappa shape index (κ3) is 6.92. The first-order valence-electron chi connectivity index (χ1n) is 13.8. The molecule has 0 bridgehead atoms. The maximum atomic E-state index is 16.0. The Morgan fingerprint density at radius 3 is 2.55 bits per heavy atom. The number of aromatic nitrogens is 3. The molecule has 9 nitrogen and oxygen atoms in total. The zero-order valence-corrected chi connectivity index (χ0v) is 25.9. The quantitative estimate of drug-likeness (QED) is 0.266. The van der Waals surface area contributed by atoms with Crippen LogP contribution in [0.15, 0.2) is 53.6 Å². The van der Waals surface area contributed by atoms with Gasteiger partial charge in [-0.15, -0.1) is 11.3 Å². The number of morpholine rings is 1. The molecule has 0 atom stereocenters. The van der Waals surface area contributed by atoms with Crippen molar-refractivity contribution in [1.29, 1.82) is 0 Å². The zero-order valence-electron chi connectivity index (χ0n) is 24.2. The lowest BCUT2D eigenvalue weighted by molar-refractivity contribution is -0.135. The lowest BCUT2D eigenvalue weighted by Crippen LogP contribution is -2.40. The van der Waals surface area contributed by atoms with Gasteiger partial charge in [-0.3, -0.25) is 9.52 Å². The van der Waals surface area contributed by atoms with Crippen molar-refractivity contribution in [2.45, 2.75) is 43.9 Å². The number of anilines is 1. The van der Waals surface area contributed by atoms with Gasteiger partial charge in [0.25, 0.3) is 10.0 Å². The van der Waals surface area contributed by atoms with E-state index in [0.717, 1.165) is 6.07 Å². The molecule has 2 aromatic heterocycles. The summed E-state index contributed by atoms with van der Waals surface area (Å²) in [6.07, 6.45) is 2.08. The Kier molecular flexibility index (Phi) is 9.05. The summed E-state index contributed by atoms with van der Waals surface area (Å²) in [5.41, 5.74) is -0.210. The smallest absolute Gasteiger partial charge is 0.265 e. The van der Waals surface area contributed by atoms with E-state index in [1.807, 2.05) is 25.5 Å². The molecule has 1 N–H and O–H groups in total. The van der Waals surface area contributed by atoms with Crippen molar-refractivity contribution in [3.05, 3.63) is 76.9 Å².